The zero-order chi connectivity index (χ0) is 11.7. The standard InChI is InChI=1S/C14H25N3/c15-14-16-9-13(17(14)10-11-7-8-11)12-5-3-1-2-4-6-12/h11-13H,1-10H2,(H2,15,16). The van der Waals surface area contributed by atoms with Crippen molar-refractivity contribution in [1.29, 1.82) is 0 Å². The quantitative estimate of drug-likeness (QED) is 0.763. The summed E-state index contributed by atoms with van der Waals surface area (Å²) in [5.74, 6) is 2.59. The van der Waals surface area contributed by atoms with Gasteiger partial charge in [-0.15, -0.1) is 0 Å². The second-order valence-electron chi connectivity index (χ2n) is 6.11. The molecule has 2 N–H and O–H groups in total. The maximum Gasteiger partial charge on any atom is 0.191 e. The number of rotatable bonds is 3. The van der Waals surface area contributed by atoms with Crippen molar-refractivity contribution in [3.63, 3.8) is 0 Å². The van der Waals surface area contributed by atoms with Gasteiger partial charge < -0.3 is 10.6 Å². The number of nitrogens with two attached hydrogens (primary N) is 1. The van der Waals surface area contributed by atoms with Crippen LogP contribution in [0.2, 0.25) is 0 Å². The van der Waals surface area contributed by atoms with Crippen LogP contribution in [-0.2, 0) is 0 Å². The van der Waals surface area contributed by atoms with Gasteiger partial charge in [-0.1, -0.05) is 25.7 Å². The van der Waals surface area contributed by atoms with Crippen molar-refractivity contribution in [2.75, 3.05) is 13.1 Å². The molecule has 96 valence electrons. The highest BCUT2D eigenvalue weighted by Crippen LogP contribution is 2.35. The van der Waals surface area contributed by atoms with Crippen molar-refractivity contribution in [1.82, 2.24) is 4.90 Å². The Balaban J connectivity index is 1.63. The van der Waals surface area contributed by atoms with Crippen LogP contribution in [0.25, 0.3) is 0 Å². The molecule has 0 spiro atoms. The largest absolute Gasteiger partial charge is 0.370 e. The predicted octanol–water partition coefficient (Wildman–Crippen LogP) is 2.37. The van der Waals surface area contributed by atoms with Crippen molar-refractivity contribution in [2.24, 2.45) is 22.6 Å². The summed E-state index contributed by atoms with van der Waals surface area (Å²) in [6.45, 7) is 2.14. The van der Waals surface area contributed by atoms with E-state index in [2.05, 4.69) is 9.89 Å². The smallest absolute Gasteiger partial charge is 0.191 e. The molecule has 1 aliphatic heterocycles. The second-order valence-corrected chi connectivity index (χ2v) is 6.11. The molecule has 0 aromatic rings. The van der Waals surface area contributed by atoms with Crippen LogP contribution in [-0.4, -0.2) is 30.0 Å². The molecule has 3 rings (SSSR count). The van der Waals surface area contributed by atoms with Gasteiger partial charge in [0.15, 0.2) is 5.96 Å². The monoisotopic (exact) mass is 235 g/mol. The van der Waals surface area contributed by atoms with Gasteiger partial charge >= 0.3 is 0 Å². The van der Waals surface area contributed by atoms with Gasteiger partial charge in [0.2, 0.25) is 0 Å². The summed E-state index contributed by atoms with van der Waals surface area (Å²) in [6, 6.07) is 0.633. The van der Waals surface area contributed by atoms with Crippen LogP contribution in [0.15, 0.2) is 4.99 Å². The van der Waals surface area contributed by atoms with Crippen LogP contribution < -0.4 is 5.73 Å². The lowest BCUT2D eigenvalue weighted by Gasteiger charge is -2.32. The minimum Gasteiger partial charge on any atom is -0.370 e. The predicted molar refractivity (Wildman–Crippen MR) is 70.9 cm³/mol. The van der Waals surface area contributed by atoms with E-state index in [9.17, 15) is 0 Å². The molecule has 3 nitrogen and oxygen atoms in total. The van der Waals surface area contributed by atoms with Gasteiger partial charge in [0.25, 0.3) is 0 Å². The first-order valence-electron chi connectivity index (χ1n) is 7.41. The summed E-state index contributed by atoms with van der Waals surface area (Å²) < 4.78 is 0. The summed E-state index contributed by atoms with van der Waals surface area (Å²) in [6.07, 6.45) is 11.3. The lowest BCUT2D eigenvalue weighted by Crippen LogP contribution is -2.45. The van der Waals surface area contributed by atoms with Crippen LogP contribution in [0.1, 0.15) is 51.4 Å². The molecule has 3 aliphatic rings. The Morgan fingerprint density at radius 1 is 1.06 bits per heavy atom. The summed E-state index contributed by atoms with van der Waals surface area (Å²) in [7, 11) is 0. The number of aliphatic imine (C=N–C) groups is 1. The van der Waals surface area contributed by atoms with Crippen molar-refractivity contribution in [3.8, 4) is 0 Å². The second kappa shape index (κ2) is 4.87. The molecule has 0 saturated heterocycles. The van der Waals surface area contributed by atoms with Crippen LogP contribution in [0.5, 0.6) is 0 Å². The Kier molecular flexibility index (Phi) is 3.26. The molecule has 2 aliphatic carbocycles. The van der Waals surface area contributed by atoms with Gasteiger partial charge in [0.05, 0.1) is 12.6 Å². The molecule has 1 heterocycles. The minimum absolute atomic E-state index is 0.633. The molecule has 2 fully saturated rings. The fraction of sp³-hybridized carbons (Fsp3) is 0.929. The molecule has 3 heteroatoms. The van der Waals surface area contributed by atoms with Gasteiger partial charge in [-0.25, -0.2) is 0 Å². The number of hydrogen-bond donors (Lipinski definition) is 1. The van der Waals surface area contributed by atoms with E-state index in [1.165, 1.54) is 57.9 Å². The summed E-state index contributed by atoms with van der Waals surface area (Å²) >= 11 is 0. The molecule has 0 bridgehead atoms. The fourth-order valence-corrected chi connectivity index (χ4v) is 3.45. The molecule has 1 unspecified atom stereocenters. The molecule has 1 atom stereocenters. The molecule has 0 radical (unpaired) electrons. The Bertz CT molecular complexity index is 288. The average Bonchev–Trinajstić information content (AvgIpc) is 3.09. The van der Waals surface area contributed by atoms with E-state index in [-0.39, 0.29) is 0 Å². The lowest BCUT2D eigenvalue weighted by atomic mass is 9.91. The molecular weight excluding hydrogens is 210 g/mol. The first kappa shape index (κ1) is 11.4. The summed E-state index contributed by atoms with van der Waals surface area (Å²) in [5, 5.41) is 0. The van der Waals surface area contributed by atoms with Gasteiger partial charge in [-0.05, 0) is 37.5 Å². The van der Waals surface area contributed by atoms with E-state index >= 15 is 0 Å². The number of hydrogen-bond acceptors (Lipinski definition) is 3. The average molecular weight is 235 g/mol. The van der Waals surface area contributed by atoms with E-state index < -0.39 is 0 Å². The molecule has 0 amide bonds. The van der Waals surface area contributed by atoms with E-state index in [1.54, 1.807) is 0 Å². The van der Waals surface area contributed by atoms with Crippen LogP contribution >= 0.6 is 0 Å². The highest BCUT2D eigenvalue weighted by molar-refractivity contribution is 5.80. The number of guanidine groups is 1. The Hall–Kier alpha value is -0.730. The first-order chi connectivity index (χ1) is 8.34. The molecular formula is C14H25N3. The molecule has 17 heavy (non-hydrogen) atoms. The first-order valence-corrected chi connectivity index (χ1v) is 7.41. The van der Waals surface area contributed by atoms with Crippen LogP contribution in [0.3, 0.4) is 0 Å². The third kappa shape index (κ3) is 2.58. The summed E-state index contributed by atoms with van der Waals surface area (Å²) in [5.41, 5.74) is 6.07. The minimum atomic E-state index is 0.633. The normalized spacial score (nSPS) is 31.4. The van der Waals surface area contributed by atoms with Crippen molar-refractivity contribution in [3.05, 3.63) is 0 Å². The van der Waals surface area contributed by atoms with Gasteiger partial charge in [0.1, 0.15) is 0 Å². The zero-order valence-corrected chi connectivity index (χ0v) is 10.8. The SMILES string of the molecule is NC1=NCC(C2CCCCCC2)N1CC1CC1. The third-order valence-electron chi connectivity index (χ3n) is 4.73. The summed E-state index contributed by atoms with van der Waals surface area (Å²) in [4.78, 5) is 6.94. The van der Waals surface area contributed by atoms with Gasteiger partial charge in [0, 0.05) is 6.54 Å². The highest BCUT2D eigenvalue weighted by Gasteiger charge is 2.36. The van der Waals surface area contributed by atoms with Crippen LogP contribution in [0.4, 0.5) is 0 Å². The van der Waals surface area contributed by atoms with Crippen molar-refractivity contribution >= 4 is 5.96 Å². The highest BCUT2D eigenvalue weighted by atomic mass is 15.3. The fourth-order valence-electron chi connectivity index (χ4n) is 3.45. The Morgan fingerprint density at radius 2 is 1.76 bits per heavy atom. The maximum absolute atomic E-state index is 6.07. The molecule has 0 aromatic carbocycles. The third-order valence-corrected chi connectivity index (χ3v) is 4.73. The van der Waals surface area contributed by atoms with Gasteiger partial charge in [-0.2, -0.15) is 0 Å². The lowest BCUT2D eigenvalue weighted by molar-refractivity contribution is 0.224. The zero-order valence-electron chi connectivity index (χ0n) is 10.8. The topological polar surface area (TPSA) is 41.6 Å². The van der Waals surface area contributed by atoms with E-state index in [1.807, 2.05) is 0 Å². The molecule has 2 saturated carbocycles. The number of nitrogens with zero attached hydrogens (tertiary/aromatic N) is 2. The van der Waals surface area contributed by atoms with Crippen molar-refractivity contribution < 1.29 is 0 Å². The van der Waals surface area contributed by atoms with Gasteiger partial charge in [-0.3, -0.25) is 4.99 Å². The van der Waals surface area contributed by atoms with Crippen molar-refractivity contribution in [2.45, 2.75) is 57.4 Å². The van der Waals surface area contributed by atoms with E-state index in [0.29, 0.717) is 6.04 Å². The maximum atomic E-state index is 6.07. The van der Waals surface area contributed by atoms with E-state index in [0.717, 1.165) is 24.3 Å². The molecule has 0 aromatic heterocycles. The van der Waals surface area contributed by atoms with Crippen LogP contribution in [0, 0.1) is 11.8 Å². The Labute approximate surface area is 104 Å². The van der Waals surface area contributed by atoms with E-state index in [4.69, 9.17) is 5.73 Å². The Morgan fingerprint density at radius 3 is 2.41 bits per heavy atom.